The van der Waals surface area contributed by atoms with E-state index in [4.69, 9.17) is 9.57 Å². The molecule has 0 aromatic carbocycles. The molecule has 1 amide bonds. The van der Waals surface area contributed by atoms with Crippen LogP contribution in [-0.2, 0) is 14.4 Å². The van der Waals surface area contributed by atoms with E-state index in [-0.39, 0.29) is 5.91 Å². The molecular weight excluding hydrogens is 170 g/mol. The minimum absolute atomic E-state index is 0.0357. The third kappa shape index (κ3) is 3.74. The molecule has 0 aromatic rings. The SMILES string of the molecule is CCCOCCC(=O)N1CCCO1. The zero-order valence-corrected chi connectivity index (χ0v) is 8.12. The Balaban J connectivity index is 2.03. The van der Waals surface area contributed by atoms with Gasteiger partial charge < -0.3 is 4.74 Å². The summed E-state index contributed by atoms with van der Waals surface area (Å²) in [5.41, 5.74) is 0. The first-order valence-electron chi connectivity index (χ1n) is 4.85. The Kier molecular flexibility index (Phi) is 4.78. The van der Waals surface area contributed by atoms with Crippen molar-refractivity contribution in [3.8, 4) is 0 Å². The van der Waals surface area contributed by atoms with Crippen LogP contribution in [0.5, 0.6) is 0 Å². The number of amides is 1. The van der Waals surface area contributed by atoms with Crippen LogP contribution in [0.25, 0.3) is 0 Å². The quantitative estimate of drug-likeness (QED) is 0.602. The summed E-state index contributed by atoms with van der Waals surface area (Å²) >= 11 is 0. The first-order valence-corrected chi connectivity index (χ1v) is 4.85. The van der Waals surface area contributed by atoms with Crippen LogP contribution in [0, 0.1) is 0 Å². The second kappa shape index (κ2) is 5.94. The van der Waals surface area contributed by atoms with Gasteiger partial charge in [-0.1, -0.05) is 6.92 Å². The zero-order valence-electron chi connectivity index (χ0n) is 8.12. The third-order valence-corrected chi connectivity index (χ3v) is 1.84. The molecule has 0 bridgehead atoms. The Hall–Kier alpha value is -0.610. The van der Waals surface area contributed by atoms with E-state index in [1.54, 1.807) is 0 Å². The highest BCUT2D eigenvalue weighted by Crippen LogP contribution is 2.05. The molecule has 1 saturated heterocycles. The highest BCUT2D eigenvalue weighted by Gasteiger charge is 2.18. The van der Waals surface area contributed by atoms with E-state index < -0.39 is 0 Å². The topological polar surface area (TPSA) is 38.8 Å². The van der Waals surface area contributed by atoms with Crippen LogP contribution in [0.4, 0.5) is 0 Å². The predicted molar refractivity (Wildman–Crippen MR) is 48.0 cm³/mol. The molecule has 4 heteroatoms. The molecule has 1 rings (SSSR count). The molecule has 0 N–H and O–H groups in total. The van der Waals surface area contributed by atoms with Gasteiger partial charge in [0, 0.05) is 6.61 Å². The molecule has 1 aliphatic rings. The summed E-state index contributed by atoms with van der Waals surface area (Å²) in [4.78, 5) is 16.4. The molecule has 1 aliphatic heterocycles. The summed E-state index contributed by atoms with van der Waals surface area (Å²) in [7, 11) is 0. The van der Waals surface area contributed by atoms with Gasteiger partial charge in [-0.05, 0) is 12.8 Å². The van der Waals surface area contributed by atoms with Crippen LogP contribution in [0.2, 0.25) is 0 Å². The lowest BCUT2D eigenvalue weighted by Gasteiger charge is -2.13. The molecule has 0 unspecified atom stereocenters. The highest BCUT2D eigenvalue weighted by molar-refractivity contribution is 5.75. The van der Waals surface area contributed by atoms with Crippen molar-refractivity contribution in [1.82, 2.24) is 5.06 Å². The van der Waals surface area contributed by atoms with Crippen LogP contribution in [0.15, 0.2) is 0 Å². The van der Waals surface area contributed by atoms with Crippen LogP contribution in [-0.4, -0.2) is 37.3 Å². The van der Waals surface area contributed by atoms with Crippen LogP contribution in [0.3, 0.4) is 0 Å². The van der Waals surface area contributed by atoms with Crippen molar-refractivity contribution in [2.24, 2.45) is 0 Å². The Bertz CT molecular complexity index is 155. The molecule has 1 heterocycles. The van der Waals surface area contributed by atoms with Gasteiger partial charge in [0.05, 0.1) is 26.2 Å². The summed E-state index contributed by atoms with van der Waals surface area (Å²) in [5, 5.41) is 1.44. The fraction of sp³-hybridized carbons (Fsp3) is 0.889. The lowest BCUT2D eigenvalue weighted by atomic mass is 10.4. The second-order valence-corrected chi connectivity index (χ2v) is 3.04. The van der Waals surface area contributed by atoms with E-state index in [1.165, 1.54) is 5.06 Å². The van der Waals surface area contributed by atoms with Crippen molar-refractivity contribution in [2.45, 2.75) is 26.2 Å². The van der Waals surface area contributed by atoms with Crippen molar-refractivity contribution in [1.29, 1.82) is 0 Å². The van der Waals surface area contributed by atoms with Crippen molar-refractivity contribution in [3.63, 3.8) is 0 Å². The number of nitrogens with zero attached hydrogens (tertiary/aromatic N) is 1. The Labute approximate surface area is 78.8 Å². The fourth-order valence-electron chi connectivity index (χ4n) is 1.17. The molecule has 76 valence electrons. The molecule has 1 fully saturated rings. The van der Waals surface area contributed by atoms with Gasteiger partial charge in [-0.25, -0.2) is 5.06 Å². The number of hydrogen-bond acceptors (Lipinski definition) is 3. The monoisotopic (exact) mass is 187 g/mol. The molecule has 0 aliphatic carbocycles. The van der Waals surface area contributed by atoms with Gasteiger partial charge in [0.15, 0.2) is 0 Å². The van der Waals surface area contributed by atoms with Gasteiger partial charge >= 0.3 is 0 Å². The van der Waals surface area contributed by atoms with Gasteiger partial charge in [-0.3, -0.25) is 9.63 Å². The van der Waals surface area contributed by atoms with Crippen LogP contribution >= 0.6 is 0 Å². The van der Waals surface area contributed by atoms with E-state index in [2.05, 4.69) is 0 Å². The van der Waals surface area contributed by atoms with Crippen molar-refractivity contribution in [3.05, 3.63) is 0 Å². The minimum Gasteiger partial charge on any atom is -0.381 e. The molecule has 4 nitrogen and oxygen atoms in total. The number of carbonyl (C=O) groups excluding carboxylic acids is 1. The largest absolute Gasteiger partial charge is 0.381 e. The standard InChI is InChI=1S/C9H17NO3/c1-2-6-12-8-4-9(11)10-5-3-7-13-10/h2-8H2,1H3. The summed E-state index contributed by atoms with van der Waals surface area (Å²) in [5.74, 6) is 0.0357. The van der Waals surface area contributed by atoms with Crippen LogP contribution in [0.1, 0.15) is 26.2 Å². The smallest absolute Gasteiger partial charge is 0.248 e. The van der Waals surface area contributed by atoms with Gasteiger partial charge in [0.1, 0.15) is 0 Å². The normalized spacial score (nSPS) is 16.5. The fourth-order valence-corrected chi connectivity index (χ4v) is 1.17. The predicted octanol–water partition coefficient (Wildman–Crippen LogP) is 0.967. The number of hydroxylamine groups is 2. The maximum absolute atomic E-state index is 11.3. The molecule has 0 aromatic heterocycles. The van der Waals surface area contributed by atoms with E-state index in [1.807, 2.05) is 6.92 Å². The number of ether oxygens (including phenoxy) is 1. The maximum Gasteiger partial charge on any atom is 0.248 e. The summed E-state index contributed by atoms with van der Waals surface area (Å²) in [6.45, 7) is 4.68. The zero-order chi connectivity index (χ0) is 9.52. The molecule has 13 heavy (non-hydrogen) atoms. The summed E-state index contributed by atoms with van der Waals surface area (Å²) < 4.78 is 5.21. The number of hydrogen-bond donors (Lipinski definition) is 0. The highest BCUT2D eigenvalue weighted by atomic mass is 16.7. The van der Waals surface area contributed by atoms with Gasteiger partial charge in [0.2, 0.25) is 5.91 Å². The summed E-state index contributed by atoms with van der Waals surface area (Å²) in [6.07, 6.45) is 2.37. The van der Waals surface area contributed by atoms with Gasteiger partial charge in [-0.15, -0.1) is 0 Å². The second-order valence-electron chi connectivity index (χ2n) is 3.04. The minimum atomic E-state index is 0.0357. The van der Waals surface area contributed by atoms with Crippen molar-refractivity contribution < 1.29 is 14.4 Å². The average Bonchev–Trinajstić information content (AvgIpc) is 2.65. The Morgan fingerprint density at radius 3 is 3.00 bits per heavy atom. The van der Waals surface area contributed by atoms with Gasteiger partial charge in [-0.2, -0.15) is 0 Å². The van der Waals surface area contributed by atoms with Crippen molar-refractivity contribution in [2.75, 3.05) is 26.4 Å². The van der Waals surface area contributed by atoms with E-state index in [0.29, 0.717) is 19.6 Å². The Morgan fingerprint density at radius 1 is 1.54 bits per heavy atom. The Morgan fingerprint density at radius 2 is 2.38 bits per heavy atom. The maximum atomic E-state index is 11.3. The molecule has 0 spiro atoms. The first-order chi connectivity index (χ1) is 6.34. The number of rotatable bonds is 5. The summed E-state index contributed by atoms with van der Waals surface area (Å²) in [6, 6.07) is 0. The van der Waals surface area contributed by atoms with Gasteiger partial charge in [0.25, 0.3) is 0 Å². The van der Waals surface area contributed by atoms with E-state index in [0.717, 1.165) is 26.0 Å². The molecular formula is C9H17NO3. The third-order valence-electron chi connectivity index (χ3n) is 1.84. The van der Waals surface area contributed by atoms with E-state index in [9.17, 15) is 4.79 Å². The molecule has 0 radical (unpaired) electrons. The molecule has 0 atom stereocenters. The van der Waals surface area contributed by atoms with E-state index >= 15 is 0 Å². The first kappa shape index (κ1) is 10.5. The lowest BCUT2D eigenvalue weighted by molar-refractivity contribution is -0.169. The number of carbonyl (C=O) groups is 1. The lowest BCUT2D eigenvalue weighted by Crippen LogP contribution is -2.27. The average molecular weight is 187 g/mol. The molecule has 0 saturated carbocycles. The van der Waals surface area contributed by atoms with Crippen molar-refractivity contribution >= 4 is 5.91 Å². The van der Waals surface area contributed by atoms with Crippen LogP contribution < -0.4 is 0 Å².